The van der Waals surface area contributed by atoms with Crippen LogP contribution in [0.3, 0.4) is 0 Å². The molecule has 5 heteroatoms. The summed E-state index contributed by atoms with van der Waals surface area (Å²) in [4.78, 5) is 18.8. The fourth-order valence-corrected chi connectivity index (χ4v) is 2.10. The van der Waals surface area contributed by atoms with Gasteiger partial charge in [0, 0.05) is 12.5 Å². The lowest BCUT2D eigenvalue weighted by atomic mass is 10.2. The fraction of sp³-hybridized carbons (Fsp3) is 0.467. The van der Waals surface area contributed by atoms with Gasteiger partial charge in [0.25, 0.3) is 0 Å². The molecule has 108 valence electrons. The van der Waals surface area contributed by atoms with E-state index in [4.69, 9.17) is 9.47 Å². The number of esters is 1. The Morgan fingerprint density at radius 1 is 1.35 bits per heavy atom. The lowest BCUT2D eigenvalue weighted by Gasteiger charge is -2.07. The molecule has 0 aliphatic rings. The quantitative estimate of drug-likeness (QED) is 0.651. The molecule has 20 heavy (non-hydrogen) atoms. The molecule has 1 aromatic heterocycles. The van der Waals surface area contributed by atoms with Gasteiger partial charge in [-0.1, -0.05) is 0 Å². The monoisotopic (exact) mass is 276 g/mol. The number of H-pyrrole nitrogens is 1. The zero-order chi connectivity index (χ0) is 14.5. The van der Waals surface area contributed by atoms with E-state index < -0.39 is 0 Å². The molecular weight excluding hydrogens is 256 g/mol. The Labute approximate surface area is 118 Å². The van der Waals surface area contributed by atoms with Gasteiger partial charge in [-0.3, -0.25) is 4.79 Å². The van der Waals surface area contributed by atoms with Crippen LogP contribution in [0.5, 0.6) is 5.75 Å². The van der Waals surface area contributed by atoms with Gasteiger partial charge in [0.2, 0.25) is 0 Å². The van der Waals surface area contributed by atoms with E-state index in [0.29, 0.717) is 26.1 Å². The molecule has 0 amide bonds. The summed E-state index contributed by atoms with van der Waals surface area (Å²) in [5.74, 6) is 1.51. The summed E-state index contributed by atoms with van der Waals surface area (Å²) in [6.45, 7) is 6.66. The average molecular weight is 276 g/mol. The lowest BCUT2D eigenvalue weighted by Crippen LogP contribution is -2.06. The van der Waals surface area contributed by atoms with Crippen LogP contribution >= 0.6 is 0 Å². The summed E-state index contributed by atoms with van der Waals surface area (Å²) >= 11 is 0. The third-order valence-electron chi connectivity index (χ3n) is 2.97. The van der Waals surface area contributed by atoms with Crippen LogP contribution in [0, 0.1) is 13.8 Å². The number of hydrogen-bond donors (Lipinski definition) is 1. The third kappa shape index (κ3) is 3.50. The van der Waals surface area contributed by atoms with E-state index in [1.54, 1.807) is 6.92 Å². The molecule has 0 atom stereocenters. The molecule has 2 rings (SSSR count). The van der Waals surface area contributed by atoms with Crippen LogP contribution in [0.15, 0.2) is 12.1 Å². The number of carbonyl (C=O) groups excluding carboxylic acids is 1. The van der Waals surface area contributed by atoms with E-state index in [0.717, 1.165) is 28.2 Å². The van der Waals surface area contributed by atoms with Crippen LogP contribution in [0.1, 0.15) is 31.2 Å². The van der Waals surface area contributed by atoms with Crippen molar-refractivity contribution in [2.45, 2.75) is 33.6 Å². The van der Waals surface area contributed by atoms with Gasteiger partial charge in [-0.25, -0.2) is 4.98 Å². The first-order valence-corrected chi connectivity index (χ1v) is 6.85. The highest BCUT2D eigenvalue weighted by molar-refractivity contribution is 5.80. The van der Waals surface area contributed by atoms with Gasteiger partial charge in [-0.2, -0.15) is 0 Å². The van der Waals surface area contributed by atoms with Gasteiger partial charge in [-0.05, 0) is 38.8 Å². The Morgan fingerprint density at radius 3 is 2.90 bits per heavy atom. The first-order chi connectivity index (χ1) is 9.60. The second kappa shape index (κ2) is 6.41. The van der Waals surface area contributed by atoms with Crippen molar-refractivity contribution in [2.24, 2.45) is 0 Å². The lowest BCUT2D eigenvalue weighted by molar-refractivity contribution is -0.143. The number of benzene rings is 1. The summed E-state index contributed by atoms with van der Waals surface area (Å²) in [7, 11) is 0. The van der Waals surface area contributed by atoms with Crippen LogP contribution in [-0.2, 0) is 9.53 Å². The van der Waals surface area contributed by atoms with Crippen molar-refractivity contribution in [1.82, 2.24) is 9.97 Å². The molecule has 0 aliphatic carbocycles. The van der Waals surface area contributed by atoms with E-state index in [2.05, 4.69) is 9.97 Å². The Balaban J connectivity index is 1.91. The molecule has 0 spiro atoms. The number of aromatic amines is 1. The second-order valence-corrected chi connectivity index (χ2v) is 4.72. The van der Waals surface area contributed by atoms with E-state index in [1.165, 1.54) is 0 Å². The highest BCUT2D eigenvalue weighted by Gasteiger charge is 2.06. The number of ether oxygens (including phenoxy) is 2. The molecule has 0 bridgehead atoms. The maximum Gasteiger partial charge on any atom is 0.305 e. The molecule has 1 N–H and O–H groups in total. The number of rotatable bonds is 6. The van der Waals surface area contributed by atoms with Crippen LogP contribution in [0.4, 0.5) is 0 Å². The number of imidazole rings is 1. The number of aromatic nitrogens is 2. The molecule has 0 unspecified atom stereocenters. The SMILES string of the molecule is CCOC(=O)CCCOc1cc(C)c2nc(C)[nH]c2c1. The maximum atomic E-state index is 11.2. The van der Waals surface area contributed by atoms with Crippen molar-refractivity contribution in [3.63, 3.8) is 0 Å². The van der Waals surface area contributed by atoms with Gasteiger partial charge in [0.1, 0.15) is 11.6 Å². The molecule has 1 aromatic carbocycles. The predicted octanol–water partition coefficient (Wildman–Crippen LogP) is 2.90. The van der Waals surface area contributed by atoms with Crippen LogP contribution in [0.2, 0.25) is 0 Å². The van der Waals surface area contributed by atoms with Crippen molar-refractivity contribution < 1.29 is 14.3 Å². The number of carbonyl (C=O) groups is 1. The molecule has 5 nitrogen and oxygen atoms in total. The van der Waals surface area contributed by atoms with Crippen molar-refractivity contribution in [1.29, 1.82) is 0 Å². The Kier molecular flexibility index (Phi) is 4.61. The van der Waals surface area contributed by atoms with Crippen molar-refractivity contribution in [3.05, 3.63) is 23.5 Å². The molecule has 0 fully saturated rings. The minimum atomic E-state index is -0.174. The Bertz CT molecular complexity index is 604. The van der Waals surface area contributed by atoms with E-state index >= 15 is 0 Å². The standard InChI is InChI=1S/C15H20N2O3/c1-4-19-14(18)6-5-7-20-12-8-10(2)15-13(9-12)16-11(3)17-15/h8-9H,4-7H2,1-3H3,(H,16,17). The number of aryl methyl sites for hydroxylation is 2. The summed E-state index contributed by atoms with van der Waals surface area (Å²) < 4.78 is 10.5. The molecule has 0 saturated heterocycles. The largest absolute Gasteiger partial charge is 0.493 e. The minimum Gasteiger partial charge on any atom is -0.493 e. The molecule has 2 aromatic rings. The summed E-state index contributed by atoms with van der Waals surface area (Å²) in [5, 5.41) is 0. The highest BCUT2D eigenvalue weighted by atomic mass is 16.5. The number of fused-ring (bicyclic) bond motifs is 1. The average Bonchev–Trinajstić information content (AvgIpc) is 2.76. The number of nitrogens with zero attached hydrogens (tertiary/aromatic N) is 1. The Morgan fingerprint density at radius 2 is 2.15 bits per heavy atom. The number of hydrogen-bond acceptors (Lipinski definition) is 4. The van der Waals surface area contributed by atoms with Crippen LogP contribution < -0.4 is 4.74 Å². The zero-order valence-corrected chi connectivity index (χ0v) is 12.2. The van der Waals surface area contributed by atoms with Crippen molar-refractivity contribution >= 4 is 17.0 Å². The van der Waals surface area contributed by atoms with Gasteiger partial charge >= 0.3 is 5.97 Å². The predicted molar refractivity (Wildman–Crippen MR) is 76.9 cm³/mol. The summed E-state index contributed by atoms with van der Waals surface area (Å²) in [6.07, 6.45) is 1.04. The third-order valence-corrected chi connectivity index (χ3v) is 2.97. The molecular formula is C15H20N2O3. The first-order valence-electron chi connectivity index (χ1n) is 6.85. The molecule has 1 heterocycles. The zero-order valence-electron chi connectivity index (χ0n) is 12.2. The minimum absolute atomic E-state index is 0.174. The smallest absolute Gasteiger partial charge is 0.305 e. The Hall–Kier alpha value is -2.04. The van der Waals surface area contributed by atoms with E-state index in [9.17, 15) is 4.79 Å². The van der Waals surface area contributed by atoms with Gasteiger partial charge in [-0.15, -0.1) is 0 Å². The fourth-order valence-electron chi connectivity index (χ4n) is 2.10. The van der Waals surface area contributed by atoms with Crippen LogP contribution in [-0.4, -0.2) is 29.2 Å². The highest BCUT2D eigenvalue weighted by Crippen LogP contribution is 2.23. The molecule has 0 aliphatic heterocycles. The first kappa shape index (κ1) is 14.4. The summed E-state index contributed by atoms with van der Waals surface area (Å²) in [5.41, 5.74) is 3.02. The van der Waals surface area contributed by atoms with Crippen molar-refractivity contribution in [3.8, 4) is 5.75 Å². The second-order valence-electron chi connectivity index (χ2n) is 4.72. The summed E-state index contributed by atoms with van der Waals surface area (Å²) in [6, 6.07) is 3.90. The molecule has 0 radical (unpaired) electrons. The topological polar surface area (TPSA) is 64.2 Å². The molecule has 0 saturated carbocycles. The van der Waals surface area contributed by atoms with E-state index in [1.807, 2.05) is 26.0 Å². The number of nitrogens with one attached hydrogen (secondary N) is 1. The van der Waals surface area contributed by atoms with Gasteiger partial charge in [0.15, 0.2) is 0 Å². The van der Waals surface area contributed by atoms with Gasteiger partial charge < -0.3 is 14.5 Å². The maximum absolute atomic E-state index is 11.2. The van der Waals surface area contributed by atoms with Gasteiger partial charge in [0.05, 0.1) is 24.2 Å². The van der Waals surface area contributed by atoms with Crippen LogP contribution in [0.25, 0.3) is 11.0 Å². The van der Waals surface area contributed by atoms with Crippen molar-refractivity contribution in [2.75, 3.05) is 13.2 Å². The van der Waals surface area contributed by atoms with E-state index in [-0.39, 0.29) is 5.97 Å². The normalized spacial score (nSPS) is 10.8.